The molecule has 0 bridgehead atoms. The van der Waals surface area contributed by atoms with Crippen molar-refractivity contribution in [3.63, 3.8) is 0 Å². The fourth-order valence-corrected chi connectivity index (χ4v) is 18.3. The molecule has 0 heterocycles. The van der Waals surface area contributed by atoms with Gasteiger partial charge in [0.15, 0.2) is 0 Å². The van der Waals surface area contributed by atoms with Gasteiger partial charge in [-0.05, 0) is 0 Å². The van der Waals surface area contributed by atoms with Crippen molar-refractivity contribution in [2.45, 2.75) is 167 Å². The predicted octanol–water partition coefficient (Wildman–Crippen LogP) is 19.0. The number of benzene rings is 6. The molecule has 0 amide bonds. The van der Waals surface area contributed by atoms with Crippen LogP contribution in [0.25, 0.3) is 44.5 Å². The summed E-state index contributed by atoms with van der Waals surface area (Å²) in [5.41, 5.74) is 23.5. The molecule has 1 aliphatic rings. The third-order valence-corrected chi connectivity index (χ3v) is 22.3. The Hall–Kier alpha value is -4.19. The molecule has 2 heteroatoms. The molecule has 0 nitrogen and oxygen atoms in total. The Balaban J connectivity index is 1.44. The topological polar surface area (TPSA) is 0 Å². The van der Waals surface area contributed by atoms with E-state index in [1.54, 1.807) is 8.24 Å². The van der Waals surface area contributed by atoms with Crippen molar-refractivity contribution in [2.75, 3.05) is 0 Å². The first-order valence-corrected chi connectivity index (χ1v) is 32.1. The van der Waals surface area contributed by atoms with Crippen LogP contribution in [-0.2, 0) is 0 Å². The van der Waals surface area contributed by atoms with Crippen molar-refractivity contribution in [1.82, 2.24) is 0 Å². The maximum atomic E-state index is 2.67. The van der Waals surface area contributed by atoms with Gasteiger partial charge >= 0.3 is 445 Å². The average Bonchev–Trinajstić information content (AvgIpc) is 3.32. The first-order chi connectivity index (χ1) is 33.4. The van der Waals surface area contributed by atoms with Crippen LogP contribution in [0, 0.1) is 0 Å². The summed E-state index contributed by atoms with van der Waals surface area (Å²) < 4.78 is 4.02. The minimum absolute atomic E-state index is 0.383. The Bertz CT molecular complexity index is 2390. The van der Waals surface area contributed by atoms with Gasteiger partial charge in [-0.25, -0.2) is 0 Å². The number of allylic oxidation sites excluding steroid dienone is 6. The van der Waals surface area contributed by atoms with E-state index in [1.165, 1.54) is 89.0 Å². The summed E-state index contributed by atoms with van der Waals surface area (Å²) in [4.78, 5) is 0. The zero-order valence-electron chi connectivity index (χ0n) is 45.8. The summed E-state index contributed by atoms with van der Waals surface area (Å²) in [6.45, 7) is 38.1. The van der Waals surface area contributed by atoms with Crippen LogP contribution in [-0.4, -0.2) is 34.8 Å². The van der Waals surface area contributed by atoms with Crippen LogP contribution in [0.4, 0.5) is 0 Å². The van der Waals surface area contributed by atoms with E-state index in [0.717, 1.165) is 0 Å². The third kappa shape index (κ3) is 11.5. The molecule has 0 N–H and O–H groups in total. The van der Waals surface area contributed by atoms with E-state index in [-0.39, 0.29) is 0 Å². The van der Waals surface area contributed by atoms with Crippen LogP contribution >= 0.6 is 0 Å². The van der Waals surface area contributed by atoms with Gasteiger partial charge in [0, 0.05) is 0 Å². The monoisotopic (exact) mass is 1040 g/mol. The number of rotatable bonds is 16. The molecule has 6 aromatic rings. The molecular weight excluding hydrogens is 956 g/mol. The summed E-state index contributed by atoms with van der Waals surface area (Å²) in [7, 11) is 0. The summed E-state index contributed by atoms with van der Waals surface area (Å²) in [6, 6.07) is 43.2. The van der Waals surface area contributed by atoms with Gasteiger partial charge in [0.1, 0.15) is 0 Å². The second-order valence-electron chi connectivity index (χ2n) is 22.7. The standard InChI is InChI=1S/2C30H37.C8H8.2Ga/c2*1-19(2)25-14-10-15-26(20(3)4)29(25)23-12-9-13-24(18-23)30-27(21(5)6)16-11-17-28(30)22(7)8;1-2-4-6-8-7-5-3-1;;/h2*9-17,19-22H,1-8H3;1-8H;;/b;;2-1-,5-3-,8-6-;;. The molecule has 360 valence electrons. The van der Waals surface area contributed by atoms with E-state index in [4.69, 9.17) is 0 Å². The molecule has 1 aliphatic carbocycles. The first kappa shape index (κ1) is 53.6. The SMILES string of the molecule is CC(C)c1cccc(C(C)C)c1-c1cccc(-c2c(C(C)C)cccc2C(C)C)[c]1[Ga][CH]1/C=C\C=C/[CH]([Ga][c]2c(-c3c(C(C)C)cccc3C(C)C)cccc2-c2c(C(C)C)cccc2C(C)C)/C=C\1. The second kappa shape index (κ2) is 23.6. The zero-order valence-corrected chi connectivity index (χ0v) is 50.6. The van der Waals surface area contributed by atoms with Crippen LogP contribution < -0.4 is 8.24 Å². The maximum absolute atomic E-state index is 2.67. The number of hydrogen-bond acceptors (Lipinski definition) is 0. The fourth-order valence-electron chi connectivity index (χ4n) is 11.2. The number of hydrogen-bond donors (Lipinski definition) is 0. The van der Waals surface area contributed by atoms with E-state index in [9.17, 15) is 0 Å². The van der Waals surface area contributed by atoms with E-state index in [2.05, 4.69) is 256 Å². The molecule has 0 aliphatic heterocycles. The van der Waals surface area contributed by atoms with Crippen molar-refractivity contribution in [2.24, 2.45) is 0 Å². The minimum atomic E-state index is -1.18. The third-order valence-electron chi connectivity index (χ3n) is 14.8. The molecule has 2 atom stereocenters. The van der Waals surface area contributed by atoms with Crippen molar-refractivity contribution >= 4 is 43.1 Å². The van der Waals surface area contributed by atoms with E-state index < -0.39 is 34.8 Å². The van der Waals surface area contributed by atoms with Gasteiger partial charge in [-0.1, -0.05) is 0 Å². The average molecular weight is 1040 g/mol. The Morgan fingerprint density at radius 1 is 0.257 bits per heavy atom. The van der Waals surface area contributed by atoms with Gasteiger partial charge in [0.05, 0.1) is 0 Å². The summed E-state index contributed by atoms with van der Waals surface area (Å²) in [5.74, 6) is 3.35. The first-order valence-electron chi connectivity index (χ1n) is 26.9. The van der Waals surface area contributed by atoms with Gasteiger partial charge in [-0.2, -0.15) is 0 Å². The molecular formula is C68H82Ga2. The quantitative estimate of drug-likeness (QED) is 0.0669. The summed E-state index contributed by atoms with van der Waals surface area (Å²) in [6.07, 6.45) is 15.2. The van der Waals surface area contributed by atoms with Crippen LogP contribution in [0.15, 0.2) is 146 Å². The Morgan fingerprint density at radius 3 is 0.629 bits per heavy atom. The Morgan fingerprint density at radius 2 is 0.443 bits per heavy atom. The molecule has 7 rings (SSSR count). The fraction of sp³-hybridized carbons (Fsp3) is 0.382. The molecule has 2 unspecified atom stereocenters. The van der Waals surface area contributed by atoms with Crippen molar-refractivity contribution < 1.29 is 0 Å². The van der Waals surface area contributed by atoms with Gasteiger partial charge in [0.25, 0.3) is 0 Å². The Labute approximate surface area is 441 Å². The van der Waals surface area contributed by atoms with Crippen molar-refractivity contribution in [3.8, 4) is 44.5 Å². The molecule has 0 aromatic heterocycles. The molecule has 0 fully saturated rings. The molecule has 70 heavy (non-hydrogen) atoms. The van der Waals surface area contributed by atoms with Crippen molar-refractivity contribution in [3.05, 3.63) is 190 Å². The molecule has 0 saturated heterocycles. The zero-order chi connectivity index (χ0) is 50.6. The summed E-state index contributed by atoms with van der Waals surface area (Å²) in [5, 5.41) is 0. The summed E-state index contributed by atoms with van der Waals surface area (Å²) >= 11 is -2.35. The predicted molar refractivity (Wildman–Crippen MR) is 313 cm³/mol. The molecule has 6 aromatic carbocycles. The van der Waals surface area contributed by atoms with Crippen LogP contribution in [0.5, 0.6) is 0 Å². The van der Waals surface area contributed by atoms with Crippen LogP contribution in [0.2, 0.25) is 8.94 Å². The normalized spacial score (nSPS) is 16.5. The van der Waals surface area contributed by atoms with Gasteiger partial charge in [-0.15, -0.1) is 0 Å². The van der Waals surface area contributed by atoms with Gasteiger partial charge < -0.3 is 0 Å². The Kier molecular flexibility index (Phi) is 18.1. The molecule has 0 saturated carbocycles. The molecule has 2 radical (unpaired) electrons. The van der Waals surface area contributed by atoms with Gasteiger partial charge in [-0.3, -0.25) is 0 Å². The van der Waals surface area contributed by atoms with E-state index >= 15 is 0 Å². The van der Waals surface area contributed by atoms with E-state index in [0.29, 0.717) is 56.3 Å². The molecule has 0 spiro atoms. The second-order valence-corrected chi connectivity index (χ2v) is 29.7. The van der Waals surface area contributed by atoms with Crippen LogP contribution in [0.3, 0.4) is 0 Å². The van der Waals surface area contributed by atoms with E-state index in [1.807, 2.05) is 0 Å². The van der Waals surface area contributed by atoms with Gasteiger partial charge in [0.2, 0.25) is 0 Å². The van der Waals surface area contributed by atoms with Crippen molar-refractivity contribution in [1.29, 1.82) is 0 Å². The van der Waals surface area contributed by atoms with Crippen LogP contribution in [0.1, 0.15) is 203 Å².